The summed E-state index contributed by atoms with van der Waals surface area (Å²) in [5, 5.41) is 0.988. The maximum Gasteiger partial charge on any atom is 0.267 e. The minimum Gasteiger partial charge on any atom is -0.321 e. The monoisotopic (exact) mass is 664 g/mol. The molecule has 0 spiro atoms. The van der Waals surface area contributed by atoms with Gasteiger partial charge in [-0.2, -0.15) is 0 Å². The fourth-order valence-corrected chi connectivity index (χ4v) is 7.00. The van der Waals surface area contributed by atoms with Gasteiger partial charge in [-0.1, -0.05) is 63.7 Å². The molecule has 0 unspecified atom stereocenters. The van der Waals surface area contributed by atoms with Crippen LogP contribution in [0.5, 0.6) is 0 Å². The van der Waals surface area contributed by atoms with Crippen LogP contribution in [0.25, 0.3) is 21.8 Å². The Morgan fingerprint density at radius 1 is 0.621 bits per heavy atom. The van der Waals surface area contributed by atoms with Crippen LogP contribution in [-0.4, -0.2) is 18.4 Å². The largest absolute Gasteiger partial charge is 0.321 e. The molecular formula is C18H8Br4N2O4S. The zero-order chi connectivity index (χ0) is 21.1. The van der Waals surface area contributed by atoms with E-state index >= 15 is 0 Å². The average Bonchev–Trinajstić information content (AvgIpc) is 2.59. The summed E-state index contributed by atoms with van der Waals surface area (Å²) in [4.78, 5) is 29.3. The van der Waals surface area contributed by atoms with Gasteiger partial charge in [0.1, 0.15) is 9.79 Å². The maximum atomic E-state index is 13.2. The minimum atomic E-state index is -4.39. The third-order valence-corrected chi connectivity index (χ3v) is 8.25. The second-order valence-corrected chi connectivity index (χ2v) is 11.6. The summed E-state index contributed by atoms with van der Waals surface area (Å²) in [6.07, 6.45) is 0. The van der Waals surface area contributed by atoms with E-state index in [9.17, 15) is 18.0 Å². The van der Waals surface area contributed by atoms with Crippen LogP contribution in [0.3, 0.4) is 0 Å². The van der Waals surface area contributed by atoms with Gasteiger partial charge in [-0.05, 0) is 36.4 Å². The number of fused-ring (bicyclic) bond motifs is 2. The third-order valence-electron chi connectivity index (χ3n) is 4.26. The molecule has 0 aliphatic heterocycles. The lowest BCUT2D eigenvalue weighted by Gasteiger charge is -2.09. The van der Waals surface area contributed by atoms with Gasteiger partial charge in [0.15, 0.2) is 0 Å². The van der Waals surface area contributed by atoms with Crippen LogP contribution in [0.15, 0.2) is 73.7 Å². The quantitative estimate of drug-likeness (QED) is 0.305. The number of hydrogen-bond acceptors (Lipinski definition) is 4. The highest BCUT2D eigenvalue weighted by Gasteiger charge is 2.26. The fraction of sp³-hybridized carbons (Fsp3) is 0. The van der Waals surface area contributed by atoms with Crippen LogP contribution in [0.1, 0.15) is 0 Å². The van der Waals surface area contributed by atoms with E-state index in [-0.39, 0.29) is 0 Å². The Morgan fingerprint density at radius 3 is 1.38 bits per heavy atom. The van der Waals surface area contributed by atoms with Crippen molar-refractivity contribution in [1.82, 2.24) is 9.97 Å². The molecule has 0 saturated carbocycles. The van der Waals surface area contributed by atoms with Crippen LogP contribution >= 0.6 is 63.7 Å². The van der Waals surface area contributed by atoms with Gasteiger partial charge in [0.2, 0.25) is 9.84 Å². The molecule has 0 amide bonds. The first-order valence-corrected chi connectivity index (χ1v) is 12.5. The molecule has 0 atom stereocenters. The van der Waals surface area contributed by atoms with Crippen molar-refractivity contribution in [3.05, 3.63) is 75.0 Å². The Bertz CT molecular complexity index is 1450. The Labute approximate surface area is 197 Å². The van der Waals surface area contributed by atoms with E-state index in [0.717, 1.165) is 0 Å². The molecule has 2 aromatic carbocycles. The van der Waals surface area contributed by atoms with Gasteiger partial charge in [-0.3, -0.25) is 9.59 Å². The molecule has 29 heavy (non-hydrogen) atoms. The van der Waals surface area contributed by atoms with Crippen LogP contribution in [0, 0.1) is 0 Å². The van der Waals surface area contributed by atoms with Crippen molar-refractivity contribution in [2.75, 3.05) is 0 Å². The zero-order valence-corrected chi connectivity index (χ0v) is 21.2. The molecule has 2 N–H and O–H groups in total. The summed E-state index contributed by atoms with van der Waals surface area (Å²) in [5.74, 6) is 0. The third kappa shape index (κ3) is 3.67. The van der Waals surface area contributed by atoms with Crippen LogP contribution < -0.4 is 11.1 Å². The first-order valence-electron chi connectivity index (χ1n) is 7.87. The van der Waals surface area contributed by atoms with Crippen molar-refractivity contribution in [3.8, 4) is 0 Å². The molecule has 0 aliphatic carbocycles. The second-order valence-electron chi connectivity index (χ2n) is 6.13. The molecule has 0 bridgehead atoms. The Morgan fingerprint density at radius 2 is 1.00 bits per heavy atom. The number of H-pyrrole nitrogens is 2. The second kappa shape index (κ2) is 7.45. The fourth-order valence-electron chi connectivity index (χ4n) is 2.95. The van der Waals surface area contributed by atoms with E-state index in [2.05, 4.69) is 73.7 Å². The lowest BCUT2D eigenvalue weighted by Crippen LogP contribution is -2.23. The number of pyridine rings is 2. The van der Waals surface area contributed by atoms with E-state index in [1.54, 1.807) is 24.3 Å². The van der Waals surface area contributed by atoms with E-state index in [1.807, 2.05) is 0 Å². The molecule has 4 aromatic rings. The normalized spacial score (nSPS) is 12.0. The summed E-state index contributed by atoms with van der Waals surface area (Å²) in [7, 11) is -4.39. The number of sulfone groups is 1. The molecule has 0 radical (unpaired) electrons. The standard InChI is InChI=1S/C18H8Br4N2O4S/c19-7-1-11(21)9-5-15(17(25)23-13(9)3-7)29(27,28)16-6-10-12(22)2-8(20)4-14(10)24-18(16)26/h1-6H,(H,23,25)(H,24,26). The Balaban J connectivity index is 2.03. The number of aromatic amines is 2. The number of hydrogen-bond donors (Lipinski definition) is 2. The molecule has 4 rings (SSSR count). The number of nitrogens with one attached hydrogen (secondary N) is 2. The van der Waals surface area contributed by atoms with Gasteiger partial charge < -0.3 is 9.97 Å². The lowest BCUT2D eigenvalue weighted by atomic mass is 10.2. The molecular weight excluding hydrogens is 660 g/mol. The smallest absolute Gasteiger partial charge is 0.267 e. The first-order chi connectivity index (χ1) is 13.6. The Hall–Kier alpha value is -1.27. The first kappa shape index (κ1) is 21.0. The molecule has 11 heteroatoms. The molecule has 0 aliphatic rings. The summed E-state index contributed by atoms with van der Waals surface area (Å²) >= 11 is 13.4. The molecule has 0 fully saturated rings. The SMILES string of the molecule is O=c1[nH]c2cc(Br)cc(Br)c2cc1S(=O)(=O)c1cc2c(Br)cc(Br)cc2[nH]c1=O. The van der Waals surface area contributed by atoms with Crippen molar-refractivity contribution >= 4 is 95.4 Å². The predicted octanol–water partition coefficient (Wildman–Crippen LogP) is 5.25. The van der Waals surface area contributed by atoms with Gasteiger partial charge in [0, 0.05) is 28.7 Å². The molecule has 148 valence electrons. The van der Waals surface area contributed by atoms with Gasteiger partial charge in [0.25, 0.3) is 11.1 Å². The van der Waals surface area contributed by atoms with Crippen LogP contribution in [0.4, 0.5) is 0 Å². The number of benzene rings is 2. The highest BCUT2D eigenvalue weighted by molar-refractivity contribution is 9.11. The highest BCUT2D eigenvalue weighted by atomic mass is 79.9. The zero-order valence-electron chi connectivity index (χ0n) is 14.0. The van der Waals surface area contributed by atoms with E-state index in [1.165, 1.54) is 12.1 Å². The highest BCUT2D eigenvalue weighted by Crippen LogP contribution is 2.31. The summed E-state index contributed by atoms with van der Waals surface area (Å²) < 4.78 is 29.1. The topological polar surface area (TPSA) is 99.9 Å². The van der Waals surface area contributed by atoms with Gasteiger partial charge >= 0.3 is 0 Å². The van der Waals surface area contributed by atoms with Gasteiger partial charge in [-0.15, -0.1) is 0 Å². The maximum absolute atomic E-state index is 13.2. The van der Waals surface area contributed by atoms with Crippen molar-refractivity contribution < 1.29 is 8.42 Å². The van der Waals surface area contributed by atoms with E-state index in [0.29, 0.717) is 39.7 Å². The molecule has 2 aromatic heterocycles. The minimum absolute atomic E-state index is 0.454. The summed E-state index contributed by atoms with van der Waals surface area (Å²) in [5.41, 5.74) is -0.709. The number of rotatable bonds is 2. The number of aromatic nitrogens is 2. The molecule has 2 heterocycles. The summed E-state index contributed by atoms with van der Waals surface area (Å²) in [6.45, 7) is 0. The van der Waals surface area contributed by atoms with E-state index < -0.39 is 30.7 Å². The van der Waals surface area contributed by atoms with Crippen LogP contribution in [0.2, 0.25) is 0 Å². The molecule has 0 saturated heterocycles. The van der Waals surface area contributed by atoms with Crippen molar-refractivity contribution in [2.24, 2.45) is 0 Å². The van der Waals surface area contributed by atoms with Gasteiger partial charge in [-0.25, -0.2) is 8.42 Å². The van der Waals surface area contributed by atoms with Crippen molar-refractivity contribution in [3.63, 3.8) is 0 Å². The summed E-state index contributed by atoms with van der Waals surface area (Å²) in [6, 6.07) is 9.32. The van der Waals surface area contributed by atoms with Crippen molar-refractivity contribution in [1.29, 1.82) is 0 Å². The number of halogens is 4. The van der Waals surface area contributed by atoms with Crippen molar-refractivity contribution in [2.45, 2.75) is 9.79 Å². The van der Waals surface area contributed by atoms with Crippen LogP contribution in [-0.2, 0) is 9.84 Å². The average molecular weight is 668 g/mol. The van der Waals surface area contributed by atoms with Gasteiger partial charge in [0.05, 0.1) is 11.0 Å². The predicted molar refractivity (Wildman–Crippen MR) is 125 cm³/mol. The van der Waals surface area contributed by atoms with E-state index in [4.69, 9.17) is 0 Å². The Kier molecular flexibility index (Phi) is 5.39. The molecule has 6 nitrogen and oxygen atoms in total. The lowest BCUT2D eigenvalue weighted by molar-refractivity contribution is 0.594.